The lowest BCUT2D eigenvalue weighted by atomic mass is 9.71. The number of nitrogens with zero attached hydrogens (tertiary/aromatic N) is 3. The fraction of sp³-hybridized carbons (Fsp3) is 0.810. The summed E-state index contributed by atoms with van der Waals surface area (Å²) in [6.45, 7) is 4.92. The van der Waals surface area contributed by atoms with Gasteiger partial charge in [-0.1, -0.05) is 6.42 Å². The van der Waals surface area contributed by atoms with Crippen LogP contribution in [0.5, 0.6) is 0 Å². The van der Waals surface area contributed by atoms with Crippen LogP contribution in [0.3, 0.4) is 0 Å². The highest BCUT2D eigenvalue weighted by atomic mass is 16.5. The van der Waals surface area contributed by atoms with Crippen molar-refractivity contribution in [1.82, 2.24) is 20.0 Å². The van der Waals surface area contributed by atoms with E-state index in [9.17, 15) is 4.79 Å². The van der Waals surface area contributed by atoms with Crippen molar-refractivity contribution in [3.8, 4) is 0 Å². The SMILES string of the molecule is COCC1CN(C2CCC2)CC12CCN(C(=O)c1cc(C3CC3)[nH]n1)CC2. The standard InChI is InChI=1S/C21H32N4O2/c1-27-13-16-12-25(17-3-2-4-17)14-21(16)7-9-24(10-8-21)20(26)19-11-18(22-23-19)15-5-6-15/h11,15-17H,2-10,12-14H2,1H3,(H,22,23). The predicted molar refractivity (Wildman–Crippen MR) is 103 cm³/mol. The van der Waals surface area contributed by atoms with E-state index < -0.39 is 0 Å². The number of rotatable bonds is 5. The van der Waals surface area contributed by atoms with Gasteiger partial charge in [-0.05, 0) is 50.0 Å². The molecule has 0 aromatic carbocycles. The molecule has 148 valence electrons. The number of H-pyrrole nitrogens is 1. The van der Waals surface area contributed by atoms with E-state index >= 15 is 0 Å². The van der Waals surface area contributed by atoms with Crippen molar-refractivity contribution in [2.75, 3.05) is 39.9 Å². The second-order valence-corrected chi connectivity index (χ2v) is 9.30. The molecule has 2 saturated carbocycles. The Labute approximate surface area is 161 Å². The molecule has 1 N–H and O–H groups in total. The minimum atomic E-state index is 0.102. The van der Waals surface area contributed by atoms with Gasteiger partial charge in [0.1, 0.15) is 5.69 Å². The maximum absolute atomic E-state index is 12.9. The van der Waals surface area contributed by atoms with Crippen LogP contribution in [-0.2, 0) is 4.74 Å². The number of methoxy groups -OCH3 is 1. The zero-order valence-corrected chi connectivity index (χ0v) is 16.5. The molecule has 0 radical (unpaired) electrons. The highest BCUT2D eigenvalue weighted by Gasteiger charge is 2.50. The molecule has 2 aliphatic heterocycles. The molecule has 6 nitrogen and oxygen atoms in total. The van der Waals surface area contributed by atoms with Crippen LogP contribution < -0.4 is 0 Å². The molecule has 5 rings (SSSR count). The summed E-state index contributed by atoms with van der Waals surface area (Å²) in [5.74, 6) is 1.31. The molecule has 1 amide bonds. The second-order valence-electron chi connectivity index (χ2n) is 9.30. The van der Waals surface area contributed by atoms with Crippen molar-refractivity contribution in [2.45, 2.75) is 56.9 Å². The van der Waals surface area contributed by atoms with Crippen LogP contribution in [0.2, 0.25) is 0 Å². The first kappa shape index (κ1) is 17.7. The lowest BCUT2D eigenvalue weighted by molar-refractivity contribution is 0.0309. The third kappa shape index (κ3) is 3.21. The van der Waals surface area contributed by atoms with Crippen LogP contribution in [0.4, 0.5) is 0 Å². The van der Waals surface area contributed by atoms with Crippen LogP contribution in [0.25, 0.3) is 0 Å². The van der Waals surface area contributed by atoms with Gasteiger partial charge < -0.3 is 9.64 Å². The van der Waals surface area contributed by atoms with E-state index in [-0.39, 0.29) is 5.91 Å². The Hall–Kier alpha value is -1.40. The minimum Gasteiger partial charge on any atom is -0.384 e. The van der Waals surface area contributed by atoms with Gasteiger partial charge in [0.25, 0.3) is 5.91 Å². The molecule has 4 aliphatic rings. The Morgan fingerprint density at radius 3 is 2.70 bits per heavy atom. The Bertz CT molecular complexity index is 686. The van der Waals surface area contributed by atoms with E-state index in [4.69, 9.17) is 4.74 Å². The molecule has 27 heavy (non-hydrogen) atoms. The van der Waals surface area contributed by atoms with Gasteiger partial charge in [0.15, 0.2) is 0 Å². The first-order chi connectivity index (χ1) is 13.2. The average molecular weight is 373 g/mol. The summed E-state index contributed by atoms with van der Waals surface area (Å²) in [5, 5.41) is 7.37. The highest BCUT2D eigenvalue weighted by molar-refractivity contribution is 5.92. The van der Waals surface area contributed by atoms with E-state index in [1.165, 1.54) is 45.2 Å². The van der Waals surface area contributed by atoms with E-state index in [0.29, 0.717) is 22.9 Å². The van der Waals surface area contributed by atoms with Crippen molar-refractivity contribution >= 4 is 5.91 Å². The molecule has 1 spiro atoms. The van der Waals surface area contributed by atoms with Gasteiger partial charge in [0.2, 0.25) is 0 Å². The summed E-state index contributed by atoms with van der Waals surface area (Å²) in [5.41, 5.74) is 2.07. The van der Waals surface area contributed by atoms with Crippen molar-refractivity contribution < 1.29 is 9.53 Å². The molecule has 4 fully saturated rings. The fourth-order valence-corrected chi connectivity index (χ4v) is 5.47. The molecule has 1 atom stereocenters. The lowest BCUT2D eigenvalue weighted by Crippen LogP contribution is -2.48. The topological polar surface area (TPSA) is 61.5 Å². The quantitative estimate of drug-likeness (QED) is 0.863. The molecule has 1 aromatic rings. The summed E-state index contributed by atoms with van der Waals surface area (Å²) < 4.78 is 5.59. The molecular formula is C21H32N4O2. The number of aromatic nitrogens is 2. The van der Waals surface area contributed by atoms with Gasteiger partial charge in [-0.2, -0.15) is 5.10 Å². The predicted octanol–water partition coefficient (Wildman–Crippen LogP) is 2.64. The highest BCUT2D eigenvalue weighted by Crippen LogP contribution is 2.47. The Balaban J connectivity index is 1.24. The summed E-state index contributed by atoms with van der Waals surface area (Å²) in [7, 11) is 1.83. The number of aromatic amines is 1. The zero-order valence-electron chi connectivity index (χ0n) is 16.5. The monoisotopic (exact) mass is 372 g/mol. The first-order valence-corrected chi connectivity index (χ1v) is 10.8. The van der Waals surface area contributed by atoms with E-state index in [1.807, 2.05) is 18.1 Å². The maximum Gasteiger partial charge on any atom is 0.274 e. The summed E-state index contributed by atoms with van der Waals surface area (Å²) in [6, 6.07) is 2.78. The smallest absolute Gasteiger partial charge is 0.274 e. The van der Waals surface area contributed by atoms with Gasteiger partial charge in [-0.3, -0.25) is 14.8 Å². The Morgan fingerprint density at radius 1 is 1.30 bits per heavy atom. The van der Waals surface area contributed by atoms with Gasteiger partial charge in [0, 0.05) is 56.9 Å². The zero-order chi connectivity index (χ0) is 18.4. The molecular weight excluding hydrogens is 340 g/mol. The number of ether oxygens (including phenoxy) is 1. The molecule has 0 bridgehead atoms. The Kier molecular flexibility index (Phi) is 4.51. The molecule has 2 aliphatic carbocycles. The first-order valence-electron chi connectivity index (χ1n) is 10.8. The summed E-state index contributed by atoms with van der Waals surface area (Å²) >= 11 is 0. The van der Waals surface area contributed by atoms with Crippen molar-refractivity contribution in [3.63, 3.8) is 0 Å². The van der Waals surface area contributed by atoms with Gasteiger partial charge >= 0.3 is 0 Å². The van der Waals surface area contributed by atoms with Gasteiger partial charge in [-0.15, -0.1) is 0 Å². The van der Waals surface area contributed by atoms with Crippen LogP contribution >= 0.6 is 0 Å². The van der Waals surface area contributed by atoms with Gasteiger partial charge in [0.05, 0.1) is 6.61 Å². The van der Waals surface area contributed by atoms with Crippen molar-refractivity contribution in [3.05, 3.63) is 17.5 Å². The van der Waals surface area contributed by atoms with Crippen LogP contribution in [0.1, 0.15) is 67.0 Å². The van der Waals surface area contributed by atoms with Crippen LogP contribution in [0.15, 0.2) is 6.07 Å². The fourth-order valence-electron chi connectivity index (χ4n) is 5.47. The van der Waals surface area contributed by atoms with E-state index in [1.54, 1.807) is 0 Å². The largest absolute Gasteiger partial charge is 0.384 e. The van der Waals surface area contributed by atoms with Crippen molar-refractivity contribution in [2.24, 2.45) is 11.3 Å². The lowest BCUT2D eigenvalue weighted by Gasteiger charge is -2.43. The molecule has 2 saturated heterocycles. The molecule has 3 heterocycles. The molecule has 1 aromatic heterocycles. The number of amides is 1. The average Bonchev–Trinajstić information content (AvgIpc) is 3.27. The molecule has 6 heteroatoms. The van der Waals surface area contributed by atoms with Crippen LogP contribution in [-0.4, -0.2) is 71.8 Å². The van der Waals surface area contributed by atoms with E-state index in [2.05, 4.69) is 15.1 Å². The number of hydrogen-bond donors (Lipinski definition) is 1. The Morgan fingerprint density at radius 2 is 2.07 bits per heavy atom. The number of hydrogen-bond acceptors (Lipinski definition) is 4. The van der Waals surface area contributed by atoms with Crippen molar-refractivity contribution in [1.29, 1.82) is 0 Å². The number of carbonyl (C=O) groups is 1. The minimum absolute atomic E-state index is 0.102. The van der Waals surface area contributed by atoms with Crippen LogP contribution in [0, 0.1) is 11.3 Å². The number of piperidine rings is 1. The normalized spacial score (nSPS) is 28.6. The number of likely N-dealkylation sites (tertiary alicyclic amines) is 2. The molecule has 1 unspecified atom stereocenters. The number of carbonyl (C=O) groups excluding carboxylic acids is 1. The van der Waals surface area contributed by atoms with Gasteiger partial charge in [-0.25, -0.2) is 0 Å². The third-order valence-corrected chi connectivity index (χ3v) is 7.68. The third-order valence-electron chi connectivity index (χ3n) is 7.68. The maximum atomic E-state index is 12.9. The second kappa shape index (κ2) is 6.89. The summed E-state index contributed by atoms with van der Waals surface area (Å²) in [6.07, 6.45) is 8.75. The summed E-state index contributed by atoms with van der Waals surface area (Å²) in [4.78, 5) is 17.6. The van der Waals surface area contributed by atoms with E-state index in [0.717, 1.165) is 44.3 Å². The number of nitrogens with one attached hydrogen (secondary N) is 1.